The van der Waals surface area contributed by atoms with Crippen LogP contribution in [0.25, 0.3) is 10.9 Å². The third-order valence-electron chi connectivity index (χ3n) is 3.08. The Hall–Kier alpha value is -2.17. The predicted octanol–water partition coefficient (Wildman–Crippen LogP) is 2.03. The van der Waals surface area contributed by atoms with Gasteiger partial charge in [0.15, 0.2) is 6.33 Å². The molecular weight excluding hydrogens is 226 g/mol. The Labute approximate surface area is 105 Å². The van der Waals surface area contributed by atoms with Gasteiger partial charge in [-0.15, -0.1) is 10.2 Å². The molecule has 0 aliphatic carbocycles. The van der Waals surface area contributed by atoms with Crippen LogP contribution < -0.4 is 0 Å². The maximum absolute atomic E-state index is 3.99. The van der Waals surface area contributed by atoms with Gasteiger partial charge in [-0.2, -0.15) is 4.80 Å². The van der Waals surface area contributed by atoms with E-state index in [0.29, 0.717) is 0 Å². The van der Waals surface area contributed by atoms with Crippen molar-refractivity contribution in [2.45, 2.75) is 26.4 Å². The lowest BCUT2D eigenvalue weighted by molar-refractivity contribution is 0.474. The summed E-state index contributed by atoms with van der Waals surface area (Å²) in [6.07, 6.45) is 4.60. The lowest BCUT2D eigenvalue weighted by atomic mass is 10.2. The lowest BCUT2D eigenvalue weighted by Crippen LogP contribution is -2.06. The standard InChI is InChI=1S/C13H15N5/c1-11-3-4-13-12(9-11)5-8-17(13)6-2-7-18-15-10-14-16-18/h3-5,8-10H,2,6-7H2,1H3. The third kappa shape index (κ3) is 2.11. The molecule has 2 heterocycles. The number of nitrogens with zero attached hydrogens (tertiary/aromatic N) is 5. The minimum atomic E-state index is 0.797. The van der Waals surface area contributed by atoms with Gasteiger partial charge in [0, 0.05) is 18.3 Å². The molecule has 0 aliphatic rings. The summed E-state index contributed by atoms with van der Waals surface area (Å²) in [7, 11) is 0. The van der Waals surface area contributed by atoms with Crippen LogP contribution in [0.1, 0.15) is 12.0 Å². The van der Waals surface area contributed by atoms with Crippen molar-refractivity contribution in [3.05, 3.63) is 42.4 Å². The summed E-state index contributed by atoms with van der Waals surface area (Å²) >= 11 is 0. The van der Waals surface area contributed by atoms with Crippen molar-refractivity contribution in [3.63, 3.8) is 0 Å². The molecule has 5 heteroatoms. The first-order chi connectivity index (χ1) is 8.83. The molecule has 5 nitrogen and oxygen atoms in total. The summed E-state index contributed by atoms with van der Waals surface area (Å²) in [5, 5.41) is 12.8. The van der Waals surface area contributed by atoms with Crippen LogP contribution in [0.5, 0.6) is 0 Å². The van der Waals surface area contributed by atoms with Crippen LogP contribution in [0.3, 0.4) is 0 Å². The fourth-order valence-electron chi connectivity index (χ4n) is 2.19. The van der Waals surface area contributed by atoms with Crippen LogP contribution >= 0.6 is 0 Å². The quantitative estimate of drug-likeness (QED) is 0.702. The van der Waals surface area contributed by atoms with Crippen LogP contribution in [0.2, 0.25) is 0 Å². The normalized spacial score (nSPS) is 11.2. The summed E-state index contributed by atoms with van der Waals surface area (Å²) in [5.74, 6) is 0. The Balaban J connectivity index is 1.71. The average molecular weight is 241 g/mol. The second-order valence-corrected chi connectivity index (χ2v) is 4.46. The van der Waals surface area contributed by atoms with Gasteiger partial charge in [0.1, 0.15) is 0 Å². The molecule has 3 aromatic rings. The van der Waals surface area contributed by atoms with Crippen molar-refractivity contribution < 1.29 is 0 Å². The van der Waals surface area contributed by atoms with E-state index in [4.69, 9.17) is 0 Å². The summed E-state index contributed by atoms with van der Waals surface area (Å²) in [6.45, 7) is 3.88. The molecular formula is C13H15N5. The van der Waals surface area contributed by atoms with Crippen LogP contribution in [-0.4, -0.2) is 24.8 Å². The second kappa shape index (κ2) is 4.60. The van der Waals surface area contributed by atoms with E-state index in [1.807, 2.05) is 0 Å². The average Bonchev–Trinajstić information content (AvgIpc) is 2.99. The summed E-state index contributed by atoms with van der Waals surface area (Å²) in [5.41, 5.74) is 2.58. The zero-order chi connectivity index (χ0) is 12.4. The summed E-state index contributed by atoms with van der Waals surface area (Å²) in [6, 6.07) is 8.71. The predicted molar refractivity (Wildman–Crippen MR) is 69.1 cm³/mol. The van der Waals surface area contributed by atoms with Gasteiger partial charge < -0.3 is 4.57 Å². The fourth-order valence-corrected chi connectivity index (χ4v) is 2.19. The largest absolute Gasteiger partial charge is 0.347 e. The Morgan fingerprint density at radius 3 is 2.94 bits per heavy atom. The Morgan fingerprint density at radius 2 is 2.11 bits per heavy atom. The molecule has 0 unspecified atom stereocenters. The molecule has 0 amide bonds. The number of hydrogen-bond donors (Lipinski definition) is 0. The molecule has 1 aromatic carbocycles. The third-order valence-corrected chi connectivity index (χ3v) is 3.08. The highest BCUT2D eigenvalue weighted by molar-refractivity contribution is 5.80. The van der Waals surface area contributed by atoms with Crippen LogP contribution in [-0.2, 0) is 13.1 Å². The Morgan fingerprint density at radius 1 is 1.17 bits per heavy atom. The van der Waals surface area contributed by atoms with Gasteiger partial charge in [0.25, 0.3) is 0 Å². The number of fused-ring (bicyclic) bond motifs is 1. The van der Waals surface area contributed by atoms with E-state index in [-0.39, 0.29) is 0 Å². The van der Waals surface area contributed by atoms with Crippen molar-refractivity contribution in [1.82, 2.24) is 24.8 Å². The van der Waals surface area contributed by atoms with E-state index in [9.17, 15) is 0 Å². The number of aromatic nitrogens is 5. The van der Waals surface area contributed by atoms with Crippen LogP contribution in [0.15, 0.2) is 36.8 Å². The fraction of sp³-hybridized carbons (Fsp3) is 0.308. The van der Waals surface area contributed by atoms with Gasteiger partial charge in [-0.05, 0) is 42.1 Å². The van der Waals surface area contributed by atoms with Crippen molar-refractivity contribution >= 4 is 10.9 Å². The number of aryl methyl sites for hydroxylation is 3. The maximum atomic E-state index is 3.99. The van der Waals surface area contributed by atoms with Gasteiger partial charge >= 0.3 is 0 Å². The molecule has 0 saturated carbocycles. The number of rotatable bonds is 4. The number of benzene rings is 1. The number of tetrazole rings is 1. The first-order valence-electron chi connectivity index (χ1n) is 6.09. The summed E-state index contributed by atoms with van der Waals surface area (Å²) < 4.78 is 2.27. The molecule has 0 bridgehead atoms. The molecule has 0 aliphatic heterocycles. The molecule has 0 atom stereocenters. The van der Waals surface area contributed by atoms with Crippen LogP contribution in [0, 0.1) is 6.92 Å². The van der Waals surface area contributed by atoms with E-state index in [2.05, 4.69) is 57.4 Å². The van der Waals surface area contributed by atoms with Crippen LogP contribution in [0.4, 0.5) is 0 Å². The molecule has 0 spiro atoms. The minimum absolute atomic E-state index is 0.797. The van der Waals surface area contributed by atoms with Gasteiger partial charge in [0.05, 0.1) is 6.54 Å². The van der Waals surface area contributed by atoms with E-state index >= 15 is 0 Å². The lowest BCUT2D eigenvalue weighted by Gasteiger charge is -2.05. The monoisotopic (exact) mass is 241 g/mol. The smallest absolute Gasteiger partial charge is 0.162 e. The maximum Gasteiger partial charge on any atom is 0.162 e. The van der Waals surface area contributed by atoms with Gasteiger partial charge in [-0.3, -0.25) is 0 Å². The highest BCUT2D eigenvalue weighted by Crippen LogP contribution is 2.17. The van der Waals surface area contributed by atoms with Gasteiger partial charge in [-0.1, -0.05) is 11.6 Å². The van der Waals surface area contributed by atoms with Gasteiger partial charge in [0.2, 0.25) is 0 Å². The van der Waals surface area contributed by atoms with E-state index in [1.54, 1.807) is 4.80 Å². The molecule has 0 N–H and O–H groups in total. The molecule has 2 aromatic heterocycles. The first kappa shape index (κ1) is 11.0. The van der Waals surface area contributed by atoms with Crippen molar-refractivity contribution in [2.24, 2.45) is 0 Å². The highest BCUT2D eigenvalue weighted by Gasteiger charge is 2.01. The molecule has 0 fully saturated rings. The molecule has 18 heavy (non-hydrogen) atoms. The van der Waals surface area contributed by atoms with Gasteiger partial charge in [-0.25, -0.2) is 0 Å². The Bertz CT molecular complexity index is 639. The van der Waals surface area contributed by atoms with E-state index in [1.165, 1.54) is 22.8 Å². The molecule has 0 saturated heterocycles. The summed E-state index contributed by atoms with van der Waals surface area (Å²) in [4.78, 5) is 1.62. The first-order valence-corrected chi connectivity index (χ1v) is 6.09. The second-order valence-electron chi connectivity index (χ2n) is 4.46. The topological polar surface area (TPSA) is 48.5 Å². The zero-order valence-electron chi connectivity index (χ0n) is 10.3. The number of hydrogen-bond acceptors (Lipinski definition) is 3. The van der Waals surface area contributed by atoms with Crippen molar-refractivity contribution in [2.75, 3.05) is 0 Å². The highest BCUT2D eigenvalue weighted by atomic mass is 15.6. The minimum Gasteiger partial charge on any atom is -0.347 e. The Kier molecular flexibility index (Phi) is 2.80. The SMILES string of the molecule is Cc1ccc2c(ccn2CCCn2ncnn2)c1. The van der Waals surface area contributed by atoms with Crippen molar-refractivity contribution in [1.29, 1.82) is 0 Å². The van der Waals surface area contributed by atoms with Crippen molar-refractivity contribution in [3.8, 4) is 0 Å². The zero-order valence-corrected chi connectivity index (χ0v) is 10.3. The molecule has 3 rings (SSSR count). The molecule has 0 radical (unpaired) electrons. The van der Waals surface area contributed by atoms with E-state index < -0.39 is 0 Å². The molecule has 92 valence electrons. The van der Waals surface area contributed by atoms with E-state index in [0.717, 1.165) is 19.5 Å².